The maximum atomic E-state index is 13.8. The second kappa shape index (κ2) is 7.29. The monoisotopic (exact) mass is 316 g/mol. The van der Waals surface area contributed by atoms with Crippen LogP contribution < -0.4 is 16.0 Å². The standard InChI is InChI=1S/C18H25FN4/c19-16-10-15(8-7-13(16)11-20)23-9-3-4-14(12-23)22-18-6-2-1-5-17(18)21/h7-8,10,14,17-18,22H,1-6,9,12,21H2/t14?,17-,18-/m1/s1. The molecule has 3 atom stereocenters. The number of piperidine rings is 1. The topological polar surface area (TPSA) is 65.1 Å². The van der Waals surface area contributed by atoms with Gasteiger partial charge in [-0.1, -0.05) is 12.8 Å². The highest BCUT2D eigenvalue weighted by Gasteiger charge is 2.27. The summed E-state index contributed by atoms with van der Waals surface area (Å²) in [6.45, 7) is 1.80. The molecule has 0 bridgehead atoms. The van der Waals surface area contributed by atoms with Crippen LogP contribution in [0.3, 0.4) is 0 Å². The van der Waals surface area contributed by atoms with Crippen LogP contribution in [0.15, 0.2) is 18.2 Å². The molecule has 0 radical (unpaired) electrons. The van der Waals surface area contributed by atoms with Crippen LogP contribution in [-0.2, 0) is 0 Å². The first-order chi connectivity index (χ1) is 11.2. The molecule has 1 saturated heterocycles. The Hall–Kier alpha value is -1.64. The van der Waals surface area contributed by atoms with Crippen molar-refractivity contribution >= 4 is 5.69 Å². The van der Waals surface area contributed by atoms with Crippen LogP contribution in [0.2, 0.25) is 0 Å². The Morgan fingerprint density at radius 2 is 2.04 bits per heavy atom. The van der Waals surface area contributed by atoms with Crippen molar-refractivity contribution in [2.45, 2.75) is 56.7 Å². The number of hydrogen-bond donors (Lipinski definition) is 2. The minimum absolute atomic E-state index is 0.105. The highest BCUT2D eigenvalue weighted by atomic mass is 19.1. The van der Waals surface area contributed by atoms with Gasteiger partial charge >= 0.3 is 0 Å². The van der Waals surface area contributed by atoms with Crippen molar-refractivity contribution in [3.05, 3.63) is 29.6 Å². The Balaban J connectivity index is 1.64. The minimum atomic E-state index is -0.436. The largest absolute Gasteiger partial charge is 0.370 e. The Labute approximate surface area is 137 Å². The van der Waals surface area contributed by atoms with Gasteiger partial charge in [0.25, 0.3) is 0 Å². The van der Waals surface area contributed by atoms with Gasteiger partial charge in [-0.05, 0) is 43.9 Å². The highest BCUT2D eigenvalue weighted by Crippen LogP contribution is 2.24. The first kappa shape index (κ1) is 16.2. The molecule has 5 heteroatoms. The number of benzene rings is 1. The normalized spacial score (nSPS) is 28.4. The van der Waals surface area contributed by atoms with Crippen molar-refractivity contribution in [2.75, 3.05) is 18.0 Å². The molecule has 1 aromatic carbocycles. The average Bonchev–Trinajstić information content (AvgIpc) is 2.57. The summed E-state index contributed by atoms with van der Waals surface area (Å²) in [4.78, 5) is 2.21. The summed E-state index contributed by atoms with van der Waals surface area (Å²) in [6.07, 6.45) is 6.97. The van der Waals surface area contributed by atoms with Crippen molar-refractivity contribution in [3.8, 4) is 6.07 Å². The zero-order valence-corrected chi connectivity index (χ0v) is 13.5. The van der Waals surface area contributed by atoms with Crippen LogP contribution in [0.5, 0.6) is 0 Å². The lowest BCUT2D eigenvalue weighted by Crippen LogP contribution is -2.55. The van der Waals surface area contributed by atoms with Gasteiger partial charge in [0, 0.05) is 36.9 Å². The van der Waals surface area contributed by atoms with E-state index in [0.717, 1.165) is 44.5 Å². The molecule has 3 N–H and O–H groups in total. The molecule has 1 aromatic rings. The lowest BCUT2D eigenvalue weighted by atomic mass is 9.89. The number of nitriles is 1. The zero-order valence-electron chi connectivity index (χ0n) is 13.5. The fraction of sp³-hybridized carbons (Fsp3) is 0.611. The van der Waals surface area contributed by atoms with Gasteiger partial charge in [0.05, 0.1) is 5.56 Å². The van der Waals surface area contributed by atoms with Crippen LogP contribution in [0.4, 0.5) is 10.1 Å². The van der Waals surface area contributed by atoms with Crippen molar-refractivity contribution < 1.29 is 4.39 Å². The fourth-order valence-corrected chi connectivity index (χ4v) is 3.81. The molecule has 0 aromatic heterocycles. The predicted molar refractivity (Wildman–Crippen MR) is 89.7 cm³/mol. The Morgan fingerprint density at radius 3 is 2.78 bits per heavy atom. The summed E-state index contributed by atoms with van der Waals surface area (Å²) < 4.78 is 13.8. The molecule has 0 spiro atoms. The summed E-state index contributed by atoms with van der Waals surface area (Å²) in [5, 5.41) is 12.6. The third kappa shape index (κ3) is 3.82. The minimum Gasteiger partial charge on any atom is -0.370 e. The summed E-state index contributed by atoms with van der Waals surface area (Å²) in [5.41, 5.74) is 7.20. The highest BCUT2D eigenvalue weighted by molar-refractivity contribution is 5.51. The summed E-state index contributed by atoms with van der Waals surface area (Å²) in [5.74, 6) is -0.436. The first-order valence-corrected chi connectivity index (χ1v) is 8.63. The molecule has 1 saturated carbocycles. The van der Waals surface area contributed by atoms with Gasteiger partial charge in [0.2, 0.25) is 0 Å². The van der Waals surface area contributed by atoms with Gasteiger partial charge in [0.1, 0.15) is 11.9 Å². The van der Waals surface area contributed by atoms with E-state index in [-0.39, 0.29) is 11.6 Å². The number of rotatable bonds is 3. The van der Waals surface area contributed by atoms with Gasteiger partial charge in [-0.25, -0.2) is 4.39 Å². The SMILES string of the molecule is N#Cc1ccc(N2CCCC(N[C@@H]3CCCC[C@H]3N)C2)cc1F. The summed E-state index contributed by atoms with van der Waals surface area (Å²) in [6, 6.07) is 7.83. The molecule has 4 nitrogen and oxygen atoms in total. The van der Waals surface area contributed by atoms with Crippen LogP contribution in [-0.4, -0.2) is 31.2 Å². The Bertz CT molecular complexity index is 583. The Morgan fingerprint density at radius 1 is 1.22 bits per heavy atom. The van der Waals surface area contributed by atoms with Crippen LogP contribution in [0.25, 0.3) is 0 Å². The van der Waals surface area contributed by atoms with E-state index >= 15 is 0 Å². The Kier molecular flexibility index (Phi) is 5.14. The van der Waals surface area contributed by atoms with Gasteiger partial charge in [-0.2, -0.15) is 5.26 Å². The molecule has 1 aliphatic heterocycles. The molecule has 3 rings (SSSR count). The number of nitrogens with zero attached hydrogens (tertiary/aromatic N) is 2. The van der Waals surface area contributed by atoms with E-state index in [1.807, 2.05) is 12.1 Å². The van der Waals surface area contributed by atoms with Crippen LogP contribution in [0, 0.1) is 17.1 Å². The molecule has 0 amide bonds. The van der Waals surface area contributed by atoms with Crippen molar-refractivity contribution in [1.29, 1.82) is 5.26 Å². The second-order valence-corrected chi connectivity index (χ2v) is 6.78. The number of anilines is 1. The van der Waals surface area contributed by atoms with E-state index in [2.05, 4.69) is 10.2 Å². The molecule has 1 unspecified atom stereocenters. The second-order valence-electron chi connectivity index (χ2n) is 6.78. The van der Waals surface area contributed by atoms with Crippen molar-refractivity contribution in [1.82, 2.24) is 5.32 Å². The van der Waals surface area contributed by atoms with Gasteiger partial charge in [0.15, 0.2) is 0 Å². The van der Waals surface area contributed by atoms with E-state index in [9.17, 15) is 4.39 Å². The molecule has 124 valence electrons. The number of hydrogen-bond acceptors (Lipinski definition) is 4. The van der Waals surface area contributed by atoms with Gasteiger partial charge in [-0.3, -0.25) is 0 Å². The third-order valence-electron chi connectivity index (χ3n) is 5.13. The average molecular weight is 316 g/mol. The maximum Gasteiger partial charge on any atom is 0.143 e. The van der Waals surface area contributed by atoms with E-state index in [1.165, 1.54) is 18.9 Å². The lowest BCUT2D eigenvalue weighted by molar-refractivity contribution is 0.282. The molecular weight excluding hydrogens is 291 g/mol. The molecule has 23 heavy (non-hydrogen) atoms. The smallest absolute Gasteiger partial charge is 0.143 e. The summed E-state index contributed by atoms with van der Waals surface area (Å²) >= 11 is 0. The first-order valence-electron chi connectivity index (χ1n) is 8.63. The number of halogens is 1. The van der Waals surface area contributed by atoms with E-state index < -0.39 is 5.82 Å². The molecule has 1 aliphatic carbocycles. The zero-order chi connectivity index (χ0) is 16.2. The number of nitrogens with two attached hydrogens (primary N) is 1. The molecule has 2 fully saturated rings. The van der Waals surface area contributed by atoms with Crippen LogP contribution >= 0.6 is 0 Å². The molecule has 2 aliphatic rings. The maximum absolute atomic E-state index is 13.8. The van der Waals surface area contributed by atoms with Crippen molar-refractivity contribution in [3.63, 3.8) is 0 Å². The third-order valence-corrected chi connectivity index (χ3v) is 5.13. The van der Waals surface area contributed by atoms with E-state index in [0.29, 0.717) is 12.1 Å². The molecule has 1 heterocycles. The number of nitrogens with one attached hydrogen (secondary N) is 1. The van der Waals surface area contributed by atoms with E-state index in [4.69, 9.17) is 11.0 Å². The predicted octanol–water partition coefficient (Wildman–Crippen LogP) is 2.53. The van der Waals surface area contributed by atoms with E-state index in [1.54, 1.807) is 6.07 Å². The van der Waals surface area contributed by atoms with Crippen molar-refractivity contribution in [2.24, 2.45) is 5.73 Å². The lowest BCUT2D eigenvalue weighted by Gasteiger charge is -2.39. The van der Waals surface area contributed by atoms with Gasteiger partial charge in [-0.15, -0.1) is 0 Å². The van der Waals surface area contributed by atoms with Gasteiger partial charge < -0.3 is 16.0 Å². The fourth-order valence-electron chi connectivity index (χ4n) is 3.81. The molecular formula is C18H25FN4. The quantitative estimate of drug-likeness (QED) is 0.899. The summed E-state index contributed by atoms with van der Waals surface area (Å²) in [7, 11) is 0. The van der Waals surface area contributed by atoms with Crippen LogP contribution in [0.1, 0.15) is 44.1 Å².